The Morgan fingerprint density at radius 3 is 2.91 bits per heavy atom. The van der Waals surface area contributed by atoms with Gasteiger partial charge in [-0.15, -0.1) is 6.58 Å². The molecule has 0 fully saturated rings. The van der Waals surface area contributed by atoms with Crippen molar-refractivity contribution in [1.82, 2.24) is 5.32 Å². The van der Waals surface area contributed by atoms with Crippen molar-refractivity contribution >= 4 is 5.97 Å². The third kappa shape index (κ3) is 5.61. The minimum absolute atomic E-state index is 0.153. The van der Waals surface area contributed by atoms with Crippen molar-refractivity contribution in [3.05, 3.63) is 12.7 Å². The molecule has 0 spiro atoms. The predicted molar refractivity (Wildman–Crippen MR) is 44.3 cm³/mol. The van der Waals surface area contributed by atoms with Crippen LogP contribution in [0.2, 0.25) is 0 Å². The molecule has 0 aliphatic heterocycles. The zero-order valence-corrected chi connectivity index (χ0v) is 7.09. The van der Waals surface area contributed by atoms with E-state index in [2.05, 4.69) is 16.6 Å². The van der Waals surface area contributed by atoms with Crippen LogP contribution in [-0.4, -0.2) is 25.7 Å². The van der Waals surface area contributed by atoms with Crippen molar-refractivity contribution in [1.29, 1.82) is 0 Å². The molecule has 1 atom stereocenters. The molecule has 64 valence electrons. The number of nitrogens with one attached hydrogen (secondary N) is 1. The molecular formula is C8H15NO2. The van der Waals surface area contributed by atoms with Crippen molar-refractivity contribution in [3.8, 4) is 0 Å². The fourth-order valence-electron chi connectivity index (χ4n) is 0.690. The van der Waals surface area contributed by atoms with Gasteiger partial charge in [0.25, 0.3) is 0 Å². The number of esters is 1. The van der Waals surface area contributed by atoms with Crippen molar-refractivity contribution in [2.24, 2.45) is 0 Å². The summed E-state index contributed by atoms with van der Waals surface area (Å²) in [6.07, 6.45) is 2.16. The van der Waals surface area contributed by atoms with Crippen LogP contribution in [0.1, 0.15) is 13.3 Å². The Morgan fingerprint density at radius 1 is 1.82 bits per heavy atom. The van der Waals surface area contributed by atoms with E-state index in [1.807, 2.05) is 6.92 Å². The molecule has 0 bridgehead atoms. The van der Waals surface area contributed by atoms with Crippen LogP contribution in [0.15, 0.2) is 12.7 Å². The third-order valence-electron chi connectivity index (χ3n) is 1.31. The molecule has 0 aromatic heterocycles. The highest BCUT2D eigenvalue weighted by molar-refractivity contribution is 5.69. The molecule has 0 unspecified atom stereocenters. The Bertz CT molecular complexity index is 134. The highest BCUT2D eigenvalue weighted by Crippen LogP contribution is 1.91. The Labute approximate surface area is 67.4 Å². The molecule has 0 amide bonds. The maximum atomic E-state index is 10.7. The summed E-state index contributed by atoms with van der Waals surface area (Å²) in [4.78, 5) is 10.7. The van der Waals surface area contributed by atoms with Gasteiger partial charge in [-0.3, -0.25) is 4.79 Å². The summed E-state index contributed by atoms with van der Waals surface area (Å²) in [7, 11) is 1.39. The molecular weight excluding hydrogens is 142 g/mol. The summed E-state index contributed by atoms with van der Waals surface area (Å²) in [5.41, 5.74) is 0. The highest BCUT2D eigenvalue weighted by atomic mass is 16.5. The summed E-state index contributed by atoms with van der Waals surface area (Å²) in [5.74, 6) is -0.186. The topological polar surface area (TPSA) is 38.3 Å². The van der Waals surface area contributed by atoms with Gasteiger partial charge >= 0.3 is 5.97 Å². The van der Waals surface area contributed by atoms with Crippen LogP contribution in [0, 0.1) is 0 Å². The van der Waals surface area contributed by atoms with Crippen LogP contribution in [0.5, 0.6) is 0 Å². The van der Waals surface area contributed by atoms with Crippen LogP contribution in [0.25, 0.3) is 0 Å². The molecule has 0 heterocycles. The van der Waals surface area contributed by atoms with Crippen LogP contribution >= 0.6 is 0 Å². The number of hydrogen-bond donors (Lipinski definition) is 1. The number of hydrogen-bond acceptors (Lipinski definition) is 3. The first kappa shape index (κ1) is 10.2. The average molecular weight is 157 g/mol. The Morgan fingerprint density at radius 2 is 2.45 bits per heavy atom. The molecule has 0 aromatic carbocycles. The zero-order chi connectivity index (χ0) is 8.69. The first-order chi connectivity index (χ1) is 5.20. The number of carbonyl (C=O) groups excluding carboxylic acids is 1. The lowest BCUT2D eigenvalue weighted by molar-refractivity contribution is -0.141. The van der Waals surface area contributed by atoms with E-state index in [9.17, 15) is 4.79 Å². The third-order valence-corrected chi connectivity index (χ3v) is 1.31. The maximum absolute atomic E-state index is 10.7. The highest BCUT2D eigenvalue weighted by Gasteiger charge is 2.06. The second kappa shape index (κ2) is 5.92. The van der Waals surface area contributed by atoms with E-state index in [1.54, 1.807) is 6.08 Å². The zero-order valence-electron chi connectivity index (χ0n) is 7.09. The lowest BCUT2D eigenvalue weighted by Crippen LogP contribution is -2.28. The van der Waals surface area contributed by atoms with E-state index in [0.29, 0.717) is 6.42 Å². The second-order valence-corrected chi connectivity index (χ2v) is 2.38. The second-order valence-electron chi connectivity index (χ2n) is 2.38. The SMILES string of the molecule is C=CCN[C@H](C)CC(=O)OC. The van der Waals surface area contributed by atoms with Gasteiger partial charge in [0.15, 0.2) is 0 Å². The molecule has 0 radical (unpaired) electrons. The van der Waals surface area contributed by atoms with E-state index in [0.717, 1.165) is 6.54 Å². The summed E-state index contributed by atoms with van der Waals surface area (Å²) in [6.45, 7) is 6.20. The van der Waals surface area contributed by atoms with Gasteiger partial charge in [0.2, 0.25) is 0 Å². The molecule has 0 saturated carbocycles. The summed E-state index contributed by atoms with van der Waals surface area (Å²) in [5, 5.41) is 3.08. The monoisotopic (exact) mass is 157 g/mol. The molecule has 1 N–H and O–H groups in total. The van der Waals surface area contributed by atoms with Crippen molar-refractivity contribution in [3.63, 3.8) is 0 Å². The fraction of sp³-hybridized carbons (Fsp3) is 0.625. The van der Waals surface area contributed by atoms with Crippen LogP contribution in [-0.2, 0) is 9.53 Å². The number of carbonyl (C=O) groups is 1. The summed E-state index contributed by atoms with van der Waals surface area (Å²) < 4.78 is 4.50. The fourth-order valence-corrected chi connectivity index (χ4v) is 0.690. The van der Waals surface area contributed by atoms with Crippen LogP contribution in [0.3, 0.4) is 0 Å². The Hall–Kier alpha value is -0.830. The quantitative estimate of drug-likeness (QED) is 0.472. The van der Waals surface area contributed by atoms with E-state index in [4.69, 9.17) is 0 Å². The number of methoxy groups -OCH3 is 1. The average Bonchev–Trinajstić information content (AvgIpc) is 2.00. The number of rotatable bonds is 5. The van der Waals surface area contributed by atoms with Gasteiger partial charge in [-0.1, -0.05) is 6.08 Å². The molecule has 0 rings (SSSR count). The smallest absolute Gasteiger partial charge is 0.307 e. The number of ether oxygens (including phenoxy) is 1. The van der Waals surface area contributed by atoms with Crippen molar-refractivity contribution in [2.75, 3.05) is 13.7 Å². The van der Waals surface area contributed by atoms with E-state index in [-0.39, 0.29) is 12.0 Å². The molecule has 0 aromatic rings. The molecule has 3 nitrogen and oxygen atoms in total. The van der Waals surface area contributed by atoms with Crippen LogP contribution in [0.4, 0.5) is 0 Å². The van der Waals surface area contributed by atoms with Gasteiger partial charge in [-0.2, -0.15) is 0 Å². The minimum atomic E-state index is -0.186. The van der Waals surface area contributed by atoms with Crippen LogP contribution < -0.4 is 5.32 Å². The lowest BCUT2D eigenvalue weighted by Gasteiger charge is -2.09. The van der Waals surface area contributed by atoms with E-state index < -0.39 is 0 Å². The standard InChI is InChI=1S/C8H15NO2/c1-4-5-9-7(2)6-8(10)11-3/h4,7,9H,1,5-6H2,2-3H3/t7-/m1/s1. The van der Waals surface area contributed by atoms with Gasteiger partial charge < -0.3 is 10.1 Å². The Kier molecular flexibility index (Phi) is 5.47. The lowest BCUT2D eigenvalue weighted by atomic mass is 10.2. The van der Waals surface area contributed by atoms with Gasteiger partial charge in [0, 0.05) is 12.6 Å². The van der Waals surface area contributed by atoms with Gasteiger partial charge in [0.05, 0.1) is 13.5 Å². The first-order valence-corrected chi connectivity index (χ1v) is 3.61. The molecule has 0 saturated heterocycles. The normalized spacial score (nSPS) is 12.2. The predicted octanol–water partition coefficient (Wildman–Crippen LogP) is 0.714. The molecule has 0 aliphatic rings. The molecule has 11 heavy (non-hydrogen) atoms. The largest absolute Gasteiger partial charge is 0.469 e. The molecule has 0 aliphatic carbocycles. The Balaban J connectivity index is 3.42. The summed E-state index contributed by atoms with van der Waals surface area (Å²) in [6, 6.07) is 0.153. The minimum Gasteiger partial charge on any atom is -0.469 e. The molecule has 3 heteroatoms. The van der Waals surface area contributed by atoms with Gasteiger partial charge in [-0.05, 0) is 6.92 Å². The van der Waals surface area contributed by atoms with Gasteiger partial charge in [-0.25, -0.2) is 0 Å². The summed E-state index contributed by atoms with van der Waals surface area (Å²) >= 11 is 0. The van der Waals surface area contributed by atoms with E-state index in [1.165, 1.54) is 7.11 Å². The van der Waals surface area contributed by atoms with Crippen molar-refractivity contribution in [2.45, 2.75) is 19.4 Å². The maximum Gasteiger partial charge on any atom is 0.307 e. The first-order valence-electron chi connectivity index (χ1n) is 3.61. The van der Waals surface area contributed by atoms with Gasteiger partial charge in [0.1, 0.15) is 0 Å². The van der Waals surface area contributed by atoms with Crippen molar-refractivity contribution < 1.29 is 9.53 Å². The van der Waals surface area contributed by atoms with E-state index >= 15 is 0 Å².